The molecule has 0 saturated carbocycles. The molecule has 0 spiro atoms. The van der Waals surface area contributed by atoms with Crippen LogP contribution in [-0.4, -0.2) is 33.1 Å². The van der Waals surface area contributed by atoms with Gasteiger partial charge in [0.05, 0.1) is 25.6 Å². The van der Waals surface area contributed by atoms with Crippen molar-refractivity contribution in [1.29, 1.82) is 0 Å². The van der Waals surface area contributed by atoms with Gasteiger partial charge in [-0.25, -0.2) is 4.68 Å². The van der Waals surface area contributed by atoms with Crippen molar-refractivity contribution in [1.82, 2.24) is 15.0 Å². The summed E-state index contributed by atoms with van der Waals surface area (Å²) in [4.78, 5) is 11.9. The zero-order valence-electron chi connectivity index (χ0n) is 11.3. The van der Waals surface area contributed by atoms with Gasteiger partial charge in [0.1, 0.15) is 18.0 Å². The number of aryl methyl sites for hydroxylation is 1. The SMILES string of the molecule is COc1ccc(C)cc1NC(=O)Cn1cc(CO)nn1. The third kappa shape index (κ3) is 3.33. The smallest absolute Gasteiger partial charge is 0.246 e. The van der Waals surface area contributed by atoms with E-state index in [9.17, 15) is 4.79 Å². The lowest BCUT2D eigenvalue weighted by molar-refractivity contribution is -0.116. The van der Waals surface area contributed by atoms with Crippen LogP contribution in [0.15, 0.2) is 24.4 Å². The first-order valence-corrected chi connectivity index (χ1v) is 6.06. The number of carbonyl (C=O) groups is 1. The number of carbonyl (C=O) groups excluding carboxylic acids is 1. The highest BCUT2D eigenvalue weighted by atomic mass is 16.5. The molecule has 1 aromatic heterocycles. The molecule has 0 unspecified atom stereocenters. The number of aromatic nitrogens is 3. The lowest BCUT2D eigenvalue weighted by Crippen LogP contribution is -2.19. The standard InChI is InChI=1S/C13H16N4O3/c1-9-3-4-12(20-2)11(5-9)14-13(19)7-17-6-10(8-18)15-16-17/h3-6,18H,7-8H2,1-2H3,(H,14,19). The van der Waals surface area contributed by atoms with E-state index in [0.717, 1.165) is 5.56 Å². The average Bonchev–Trinajstić information content (AvgIpc) is 2.86. The molecule has 106 valence electrons. The Hall–Kier alpha value is -2.41. The Bertz CT molecular complexity index is 609. The van der Waals surface area contributed by atoms with E-state index < -0.39 is 0 Å². The van der Waals surface area contributed by atoms with E-state index in [1.165, 1.54) is 10.9 Å². The quantitative estimate of drug-likeness (QED) is 0.840. The number of methoxy groups -OCH3 is 1. The molecule has 0 radical (unpaired) electrons. The van der Waals surface area contributed by atoms with E-state index in [1.807, 2.05) is 19.1 Å². The molecule has 2 rings (SSSR count). The molecule has 2 N–H and O–H groups in total. The number of ether oxygens (including phenoxy) is 1. The number of hydrogen-bond acceptors (Lipinski definition) is 5. The van der Waals surface area contributed by atoms with Gasteiger partial charge < -0.3 is 15.2 Å². The maximum Gasteiger partial charge on any atom is 0.246 e. The van der Waals surface area contributed by atoms with Gasteiger partial charge in [-0.2, -0.15) is 0 Å². The predicted octanol–water partition coefficient (Wildman–Crippen LogP) is 0.726. The lowest BCUT2D eigenvalue weighted by atomic mass is 10.2. The van der Waals surface area contributed by atoms with Crippen LogP contribution >= 0.6 is 0 Å². The summed E-state index contributed by atoms with van der Waals surface area (Å²) in [5.41, 5.74) is 2.05. The van der Waals surface area contributed by atoms with Crippen molar-refractivity contribution in [2.45, 2.75) is 20.1 Å². The van der Waals surface area contributed by atoms with Gasteiger partial charge in [-0.05, 0) is 24.6 Å². The molecule has 7 heteroatoms. The fourth-order valence-corrected chi connectivity index (χ4v) is 1.74. The van der Waals surface area contributed by atoms with Crippen LogP contribution in [0, 0.1) is 6.92 Å². The Morgan fingerprint density at radius 1 is 1.50 bits per heavy atom. The maximum absolute atomic E-state index is 11.9. The minimum Gasteiger partial charge on any atom is -0.495 e. The minimum atomic E-state index is -0.247. The minimum absolute atomic E-state index is 0.0180. The van der Waals surface area contributed by atoms with Crippen LogP contribution in [0.2, 0.25) is 0 Å². The number of rotatable bonds is 5. The summed E-state index contributed by atoms with van der Waals surface area (Å²) >= 11 is 0. The van der Waals surface area contributed by atoms with E-state index >= 15 is 0 Å². The molecule has 0 bridgehead atoms. The van der Waals surface area contributed by atoms with Crippen molar-refractivity contribution in [3.05, 3.63) is 35.7 Å². The highest BCUT2D eigenvalue weighted by Gasteiger charge is 2.09. The van der Waals surface area contributed by atoms with Crippen LogP contribution in [0.25, 0.3) is 0 Å². The zero-order valence-corrected chi connectivity index (χ0v) is 11.3. The van der Waals surface area contributed by atoms with Crippen LogP contribution < -0.4 is 10.1 Å². The Morgan fingerprint density at radius 2 is 2.30 bits per heavy atom. The Kier molecular flexibility index (Phi) is 4.31. The molecule has 1 amide bonds. The van der Waals surface area contributed by atoms with Gasteiger partial charge in [-0.15, -0.1) is 5.10 Å². The van der Waals surface area contributed by atoms with Crippen molar-refractivity contribution in [2.75, 3.05) is 12.4 Å². The maximum atomic E-state index is 11.9. The van der Waals surface area contributed by atoms with E-state index in [1.54, 1.807) is 13.2 Å². The Balaban J connectivity index is 2.06. The van der Waals surface area contributed by atoms with E-state index in [4.69, 9.17) is 9.84 Å². The highest BCUT2D eigenvalue weighted by Crippen LogP contribution is 2.25. The molecule has 0 aliphatic rings. The molecule has 2 aromatic rings. The molecule has 0 saturated heterocycles. The monoisotopic (exact) mass is 276 g/mol. The first kappa shape index (κ1) is 14.0. The first-order valence-electron chi connectivity index (χ1n) is 6.06. The summed E-state index contributed by atoms with van der Waals surface area (Å²) in [6.45, 7) is 1.75. The van der Waals surface area contributed by atoms with Gasteiger partial charge in [-0.1, -0.05) is 11.3 Å². The average molecular weight is 276 g/mol. The van der Waals surface area contributed by atoms with Gasteiger partial charge >= 0.3 is 0 Å². The fourth-order valence-electron chi connectivity index (χ4n) is 1.74. The second-order valence-electron chi connectivity index (χ2n) is 4.32. The summed E-state index contributed by atoms with van der Waals surface area (Å²) < 4.78 is 6.55. The van der Waals surface area contributed by atoms with Gasteiger partial charge in [0.2, 0.25) is 5.91 Å². The number of benzene rings is 1. The van der Waals surface area contributed by atoms with Gasteiger partial charge in [0.15, 0.2) is 0 Å². The number of nitrogens with one attached hydrogen (secondary N) is 1. The topological polar surface area (TPSA) is 89.3 Å². The number of aliphatic hydroxyl groups excluding tert-OH is 1. The summed E-state index contributed by atoms with van der Waals surface area (Å²) in [6.07, 6.45) is 1.52. The molecule has 0 aliphatic carbocycles. The Labute approximate surface area is 116 Å². The normalized spacial score (nSPS) is 10.3. The number of hydrogen-bond donors (Lipinski definition) is 2. The third-order valence-corrected chi connectivity index (χ3v) is 2.68. The fraction of sp³-hybridized carbons (Fsp3) is 0.308. The number of nitrogens with zero attached hydrogens (tertiary/aromatic N) is 3. The molecule has 0 fully saturated rings. The van der Waals surface area contributed by atoms with Crippen LogP contribution in [0.4, 0.5) is 5.69 Å². The Morgan fingerprint density at radius 3 is 2.95 bits per heavy atom. The predicted molar refractivity (Wildman–Crippen MR) is 72.3 cm³/mol. The number of aliphatic hydroxyl groups is 1. The molecule has 1 aromatic carbocycles. The molecular weight excluding hydrogens is 260 g/mol. The summed E-state index contributed by atoms with van der Waals surface area (Å²) in [7, 11) is 1.55. The molecule has 0 aliphatic heterocycles. The summed E-state index contributed by atoms with van der Waals surface area (Å²) in [5, 5.41) is 19.1. The third-order valence-electron chi connectivity index (χ3n) is 2.68. The molecule has 20 heavy (non-hydrogen) atoms. The number of amides is 1. The van der Waals surface area contributed by atoms with Crippen LogP contribution in [0.5, 0.6) is 5.75 Å². The van der Waals surface area contributed by atoms with Crippen LogP contribution in [-0.2, 0) is 17.9 Å². The van der Waals surface area contributed by atoms with E-state index in [0.29, 0.717) is 17.1 Å². The lowest BCUT2D eigenvalue weighted by Gasteiger charge is -2.10. The zero-order chi connectivity index (χ0) is 14.5. The van der Waals surface area contributed by atoms with Gasteiger partial charge in [0.25, 0.3) is 0 Å². The van der Waals surface area contributed by atoms with Crippen molar-refractivity contribution >= 4 is 11.6 Å². The van der Waals surface area contributed by atoms with Crippen LogP contribution in [0.3, 0.4) is 0 Å². The van der Waals surface area contributed by atoms with Gasteiger partial charge in [0, 0.05) is 0 Å². The molecular formula is C13H16N4O3. The molecule has 1 heterocycles. The molecule has 0 atom stereocenters. The van der Waals surface area contributed by atoms with Crippen molar-refractivity contribution in [3.8, 4) is 5.75 Å². The summed E-state index contributed by atoms with van der Waals surface area (Å²) in [5.74, 6) is 0.349. The van der Waals surface area contributed by atoms with Crippen molar-refractivity contribution in [2.24, 2.45) is 0 Å². The van der Waals surface area contributed by atoms with Crippen molar-refractivity contribution in [3.63, 3.8) is 0 Å². The molecule has 7 nitrogen and oxygen atoms in total. The largest absolute Gasteiger partial charge is 0.495 e. The van der Waals surface area contributed by atoms with E-state index in [2.05, 4.69) is 15.6 Å². The van der Waals surface area contributed by atoms with Gasteiger partial charge in [-0.3, -0.25) is 4.79 Å². The number of anilines is 1. The highest BCUT2D eigenvalue weighted by molar-refractivity contribution is 5.92. The first-order chi connectivity index (χ1) is 9.62. The second-order valence-corrected chi connectivity index (χ2v) is 4.32. The second kappa shape index (κ2) is 6.16. The summed E-state index contributed by atoms with van der Waals surface area (Å²) in [6, 6.07) is 5.53. The van der Waals surface area contributed by atoms with Crippen molar-refractivity contribution < 1.29 is 14.6 Å². The van der Waals surface area contributed by atoms with E-state index in [-0.39, 0.29) is 19.1 Å². The van der Waals surface area contributed by atoms with Crippen LogP contribution in [0.1, 0.15) is 11.3 Å².